The summed E-state index contributed by atoms with van der Waals surface area (Å²) in [6.07, 6.45) is 1.11. The van der Waals surface area contributed by atoms with E-state index in [9.17, 15) is 4.39 Å². The highest BCUT2D eigenvalue weighted by atomic mass is 32.1. The van der Waals surface area contributed by atoms with Gasteiger partial charge in [-0.15, -0.1) is 11.3 Å². The lowest BCUT2D eigenvalue weighted by Crippen LogP contribution is -2.24. The topological polar surface area (TPSA) is 29.3 Å². The van der Waals surface area contributed by atoms with Crippen molar-refractivity contribution in [3.05, 3.63) is 34.5 Å². The van der Waals surface area contributed by atoms with Gasteiger partial charge in [-0.1, -0.05) is 19.9 Å². The summed E-state index contributed by atoms with van der Waals surface area (Å²) in [7, 11) is 0. The Bertz CT molecular complexity index is 550. The molecule has 2 rings (SSSR count). The van der Waals surface area contributed by atoms with Crippen molar-refractivity contribution in [1.82, 2.24) is 4.90 Å². The summed E-state index contributed by atoms with van der Waals surface area (Å²) in [4.78, 5) is 3.45. The molecule has 0 atom stereocenters. The molecule has 19 heavy (non-hydrogen) atoms. The number of hydrogen-bond acceptors (Lipinski definition) is 3. The molecule has 2 N–H and O–H groups in total. The van der Waals surface area contributed by atoms with Crippen LogP contribution < -0.4 is 5.73 Å². The summed E-state index contributed by atoms with van der Waals surface area (Å²) >= 11 is 1.62. The van der Waals surface area contributed by atoms with Crippen molar-refractivity contribution in [1.29, 1.82) is 0 Å². The molecule has 0 aliphatic rings. The highest BCUT2D eigenvalue weighted by Crippen LogP contribution is 2.33. The number of nitrogens with two attached hydrogens (primary N) is 1. The summed E-state index contributed by atoms with van der Waals surface area (Å²) in [6.45, 7) is 7.59. The maximum Gasteiger partial charge on any atom is 0.132 e. The SMILES string of the molecule is CCCN(CC)Cc1c(CN)sc2cccc(F)c12. The summed E-state index contributed by atoms with van der Waals surface area (Å²) in [6, 6.07) is 5.28. The number of benzene rings is 1. The highest BCUT2D eigenvalue weighted by Gasteiger charge is 2.16. The second-order valence-corrected chi connectivity index (χ2v) is 5.83. The van der Waals surface area contributed by atoms with Gasteiger partial charge in [-0.05, 0) is 37.2 Å². The Labute approximate surface area is 118 Å². The fraction of sp³-hybridized carbons (Fsp3) is 0.467. The van der Waals surface area contributed by atoms with Crippen molar-refractivity contribution in [2.45, 2.75) is 33.4 Å². The third-order valence-electron chi connectivity index (χ3n) is 3.40. The van der Waals surface area contributed by atoms with Crippen LogP contribution in [0.15, 0.2) is 18.2 Å². The van der Waals surface area contributed by atoms with Gasteiger partial charge in [-0.2, -0.15) is 0 Å². The van der Waals surface area contributed by atoms with E-state index in [4.69, 9.17) is 5.73 Å². The minimum atomic E-state index is -0.129. The average Bonchev–Trinajstić information content (AvgIpc) is 2.77. The van der Waals surface area contributed by atoms with E-state index in [1.165, 1.54) is 6.07 Å². The Balaban J connectivity index is 2.44. The van der Waals surface area contributed by atoms with E-state index in [-0.39, 0.29) is 5.82 Å². The zero-order chi connectivity index (χ0) is 13.8. The first-order valence-electron chi connectivity index (χ1n) is 6.82. The zero-order valence-electron chi connectivity index (χ0n) is 11.6. The molecule has 1 aromatic heterocycles. The van der Waals surface area contributed by atoms with Gasteiger partial charge in [0.1, 0.15) is 5.82 Å². The zero-order valence-corrected chi connectivity index (χ0v) is 12.4. The average molecular weight is 280 g/mol. The van der Waals surface area contributed by atoms with Crippen LogP contribution in [0.2, 0.25) is 0 Å². The van der Waals surface area contributed by atoms with E-state index in [0.29, 0.717) is 6.54 Å². The van der Waals surface area contributed by atoms with E-state index < -0.39 is 0 Å². The van der Waals surface area contributed by atoms with E-state index >= 15 is 0 Å². The van der Waals surface area contributed by atoms with Crippen LogP contribution in [0.3, 0.4) is 0 Å². The molecule has 2 nitrogen and oxygen atoms in total. The molecule has 0 saturated carbocycles. The summed E-state index contributed by atoms with van der Waals surface area (Å²) in [5.74, 6) is -0.129. The van der Waals surface area contributed by atoms with Gasteiger partial charge >= 0.3 is 0 Å². The van der Waals surface area contributed by atoms with Crippen LogP contribution in [0.5, 0.6) is 0 Å². The molecule has 0 bridgehead atoms. The van der Waals surface area contributed by atoms with Gasteiger partial charge in [0.05, 0.1) is 0 Å². The molecule has 1 aromatic carbocycles. The molecular formula is C15H21FN2S. The van der Waals surface area contributed by atoms with Crippen LogP contribution in [0, 0.1) is 5.82 Å². The second kappa shape index (κ2) is 6.46. The Morgan fingerprint density at radius 2 is 2.11 bits per heavy atom. The number of fused-ring (bicyclic) bond motifs is 1. The van der Waals surface area contributed by atoms with Gasteiger partial charge in [0, 0.05) is 28.1 Å². The minimum Gasteiger partial charge on any atom is -0.326 e. The van der Waals surface area contributed by atoms with Gasteiger partial charge in [-0.25, -0.2) is 4.39 Å². The monoisotopic (exact) mass is 280 g/mol. The molecule has 2 aromatic rings. The van der Waals surface area contributed by atoms with E-state index in [2.05, 4.69) is 18.7 Å². The quantitative estimate of drug-likeness (QED) is 0.873. The van der Waals surface area contributed by atoms with Gasteiger partial charge < -0.3 is 5.73 Å². The molecule has 0 aliphatic heterocycles. The van der Waals surface area contributed by atoms with Crippen LogP contribution in [0.25, 0.3) is 10.1 Å². The number of rotatable bonds is 6. The Morgan fingerprint density at radius 3 is 2.74 bits per heavy atom. The van der Waals surface area contributed by atoms with Crippen molar-refractivity contribution in [2.24, 2.45) is 5.73 Å². The molecule has 1 heterocycles. The van der Waals surface area contributed by atoms with E-state index in [1.54, 1.807) is 17.4 Å². The molecule has 0 spiro atoms. The molecule has 0 unspecified atom stereocenters. The van der Waals surface area contributed by atoms with Crippen molar-refractivity contribution in [2.75, 3.05) is 13.1 Å². The van der Waals surface area contributed by atoms with Gasteiger partial charge in [0.25, 0.3) is 0 Å². The lowest BCUT2D eigenvalue weighted by molar-refractivity contribution is 0.281. The third kappa shape index (κ3) is 2.96. The smallest absolute Gasteiger partial charge is 0.132 e. The first kappa shape index (κ1) is 14.4. The summed E-state index contributed by atoms with van der Waals surface area (Å²) < 4.78 is 15.1. The first-order chi connectivity index (χ1) is 9.21. The maximum absolute atomic E-state index is 14.1. The van der Waals surface area contributed by atoms with Crippen LogP contribution in [-0.4, -0.2) is 18.0 Å². The van der Waals surface area contributed by atoms with Crippen molar-refractivity contribution in [3.63, 3.8) is 0 Å². The Hall–Kier alpha value is -0.970. The van der Waals surface area contributed by atoms with Crippen LogP contribution in [0.4, 0.5) is 4.39 Å². The molecule has 104 valence electrons. The largest absolute Gasteiger partial charge is 0.326 e. The fourth-order valence-corrected chi connectivity index (χ4v) is 3.54. The fourth-order valence-electron chi connectivity index (χ4n) is 2.44. The standard InChI is InChI=1S/C15H21FN2S/c1-3-8-18(4-2)10-11-14(9-17)19-13-7-5-6-12(16)15(11)13/h5-7H,3-4,8-10,17H2,1-2H3. The Morgan fingerprint density at radius 1 is 1.32 bits per heavy atom. The third-order valence-corrected chi connectivity index (χ3v) is 4.62. The van der Waals surface area contributed by atoms with E-state index in [1.807, 2.05) is 6.07 Å². The first-order valence-corrected chi connectivity index (χ1v) is 7.64. The molecule has 0 radical (unpaired) electrons. The molecule has 0 saturated heterocycles. The maximum atomic E-state index is 14.1. The van der Waals surface area contributed by atoms with E-state index in [0.717, 1.165) is 46.6 Å². The second-order valence-electron chi connectivity index (χ2n) is 4.69. The van der Waals surface area contributed by atoms with Gasteiger partial charge in [-0.3, -0.25) is 4.90 Å². The predicted octanol–water partition coefficient (Wildman–Crippen LogP) is 3.73. The normalized spacial score (nSPS) is 11.6. The van der Waals surface area contributed by atoms with Crippen LogP contribution >= 0.6 is 11.3 Å². The van der Waals surface area contributed by atoms with Crippen molar-refractivity contribution >= 4 is 21.4 Å². The number of halogens is 1. The number of nitrogens with zero attached hydrogens (tertiary/aromatic N) is 1. The summed E-state index contributed by atoms with van der Waals surface area (Å²) in [5.41, 5.74) is 6.90. The predicted molar refractivity (Wildman–Crippen MR) is 80.9 cm³/mol. The molecule has 4 heteroatoms. The van der Waals surface area contributed by atoms with Crippen molar-refractivity contribution in [3.8, 4) is 0 Å². The Kier molecular flexibility index (Phi) is 4.91. The van der Waals surface area contributed by atoms with Crippen LogP contribution in [-0.2, 0) is 13.1 Å². The molecular weight excluding hydrogens is 259 g/mol. The molecule has 0 fully saturated rings. The number of hydrogen-bond donors (Lipinski definition) is 1. The number of thiophene rings is 1. The lowest BCUT2D eigenvalue weighted by Gasteiger charge is -2.20. The van der Waals surface area contributed by atoms with Gasteiger partial charge in [0.2, 0.25) is 0 Å². The van der Waals surface area contributed by atoms with Crippen molar-refractivity contribution < 1.29 is 4.39 Å². The summed E-state index contributed by atoms with van der Waals surface area (Å²) in [5, 5.41) is 0.766. The lowest BCUT2D eigenvalue weighted by atomic mass is 10.1. The molecule has 0 aliphatic carbocycles. The molecule has 0 amide bonds. The highest BCUT2D eigenvalue weighted by molar-refractivity contribution is 7.19. The van der Waals surface area contributed by atoms with Gasteiger partial charge in [0.15, 0.2) is 0 Å². The minimum absolute atomic E-state index is 0.129. The van der Waals surface area contributed by atoms with Crippen LogP contribution in [0.1, 0.15) is 30.7 Å².